The molecule has 4 heteroatoms. The first-order valence-corrected chi connectivity index (χ1v) is 5.19. The van der Waals surface area contributed by atoms with Crippen molar-refractivity contribution >= 4 is 5.65 Å². The third kappa shape index (κ3) is 1.64. The molecule has 0 aliphatic heterocycles. The monoisotopic (exact) mass is 220 g/mol. The molecule has 1 aromatic carbocycles. The molecule has 4 nitrogen and oxygen atoms in total. The molecule has 17 heavy (non-hydrogen) atoms. The van der Waals surface area contributed by atoms with E-state index in [9.17, 15) is 0 Å². The minimum Gasteiger partial charge on any atom is -0.219 e. The molecule has 80 valence electrons. The minimum absolute atomic E-state index is 0.378. The van der Waals surface area contributed by atoms with E-state index in [0.29, 0.717) is 11.3 Å². The predicted molar refractivity (Wildman–Crippen MR) is 63.1 cm³/mol. The fourth-order valence-corrected chi connectivity index (χ4v) is 1.70. The summed E-state index contributed by atoms with van der Waals surface area (Å²) in [4.78, 5) is 4.11. The van der Waals surface area contributed by atoms with E-state index in [1.807, 2.05) is 48.5 Å². The molecule has 0 saturated carbocycles. The van der Waals surface area contributed by atoms with Crippen LogP contribution in [0.3, 0.4) is 0 Å². The minimum atomic E-state index is 0.378. The Labute approximate surface area is 97.8 Å². The van der Waals surface area contributed by atoms with Gasteiger partial charge in [0.1, 0.15) is 6.07 Å². The standard InChI is InChI=1S/C13H8N4/c14-8-11-9-17-13(15-11)7-6-12(16-17)10-4-2-1-3-5-10/h1-7,9H. The van der Waals surface area contributed by atoms with Crippen LogP contribution in [0.4, 0.5) is 0 Å². The summed E-state index contributed by atoms with van der Waals surface area (Å²) in [5, 5.41) is 13.2. The molecule has 0 radical (unpaired) electrons. The molecule has 0 saturated heterocycles. The first kappa shape index (κ1) is 9.55. The third-order valence-corrected chi connectivity index (χ3v) is 2.50. The summed E-state index contributed by atoms with van der Waals surface area (Å²) in [5.74, 6) is 0. The van der Waals surface area contributed by atoms with Crippen LogP contribution in [-0.4, -0.2) is 14.6 Å². The lowest BCUT2D eigenvalue weighted by molar-refractivity contribution is 0.942. The molecule has 0 aliphatic carbocycles. The molecule has 0 amide bonds. The summed E-state index contributed by atoms with van der Waals surface area (Å²) in [5.41, 5.74) is 2.96. The van der Waals surface area contributed by atoms with Gasteiger partial charge in [-0.3, -0.25) is 0 Å². The second-order valence-electron chi connectivity index (χ2n) is 3.63. The summed E-state index contributed by atoms with van der Waals surface area (Å²) < 4.78 is 1.63. The number of nitriles is 1. The summed E-state index contributed by atoms with van der Waals surface area (Å²) in [7, 11) is 0. The molecule has 0 N–H and O–H groups in total. The molecule has 0 unspecified atom stereocenters. The molecular formula is C13H8N4. The highest BCUT2D eigenvalue weighted by molar-refractivity contribution is 5.60. The second-order valence-corrected chi connectivity index (χ2v) is 3.63. The molecular weight excluding hydrogens is 212 g/mol. The van der Waals surface area contributed by atoms with E-state index in [-0.39, 0.29) is 0 Å². The Morgan fingerprint density at radius 3 is 2.65 bits per heavy atom. The zero-order valence-corrected chi connectivity index (χ0v) is 8.91. The van der Waals surface area contributed by atoms with Crippen molar-refractivity contribution in [1.29, 1.82) is 5.26 Å². The highest BCUT2D eigenvalue weighted by atomic mass is 15.2. The number of fused-ring (bicyclic) bond motifs is 1. The van der Waals surface area contributed by atoms with Gasteiger partial charge in [0.05, 0.1) is 11.9 Å². The predicted octanol–water partition coefficient (Wildman–Crippen LogP) is 2.27. The van der Waals surface area contributed by atoms with Crippen molar-refractivity contribution in [2.24, 2.45) is 0 Å². The van der Waals surface area contributed by atoms with E-state index < -0.39 is 0 Å². The molecule has 0 fully saturated rings. The molecule has 2 heterocycles. The Morgan fingerprint density at radius 1 is 1.06 bits per heavy atom. The quantitative estimate of drug-likeness (QED) is 0.632. The molecule has 3 rings (SSSR count). The maximum atomic E-state index is 8.77. The van der Waals surface area contributed by atoms with Gasteiger partial charge in [0.25, 0.3) is 0 Å². The van der Waals surface area contributed by atoms with Crippen LogP contribution in [0.5, 0.6) is 0 Å². The fraction of sp³-hybridized carbons (Fsp3) is 0. The van der Waals surface area contributed by atoms with Crippen molar-refractivity contribution in [2.75, 3.05) is 0 Å². The van der Waals surface area contributed by atoms with Crippen LogP contribution >= 0.6 is 0 Å². The number of hydrogen-bond acceptors (Lipinski definition) is 3. The maximum absolute atomic E-state index is 8.77. The highest BCUT2D eigenvalue weighted by Gasteiger charge is 2.03. The topological polar surface area (TPSA) is 54.0 Å². The van der Waals surface area contributed by atoms with E-state index in [2.05, 4.69) is 10.1 Å². The van der Waals surface area contributed by atoms with E-state index >= 15 is 0 Å². The Morgan fingerprint density at radius 2 is 1.88 bits per heavy atom. The maximum Gasteiger partial charge on any atom is 0.161 e. The van der Waals surface area contributed by atoms with Gasteiger partial charge < -0.3 is 0 Å². The summed E-state index contributed by atoms with van der Waals surface area (Å²) in [6.07, 6.45) is 1.63. The van der Waals surface area contributed by atoms with Crippen LogP contribution < -0.4 is 0 Å². The number of benzene rings is 1. The van der Waals surface area contributed by atoms with Gasteiger partial charge in [-0.05, 0) is 12.1 Å². The van der Waals surface area contributed by atoms with Crippen LogP contribution in [0, 0.1) is 11.3 Å². The summed E-state index contributed by atoms with van der Waals surface area (Å²) in [6.45, 7) is 0. The van der Waals surface area contributed by atoms with E-state index in [1.165, 1.54) is 0 Å². The molecule has 0 aliphatic rings. The van der Waals surface area contributed by atoms with E-state index in [1.54, 1.807) is 10.7 Å². The molecule has 0 atom stereocenters. The van der Waals surface area contributed by atoms with Gasteiger partial charge in [-0.25, -0.2) is 9.50 Å². The average Bonchev–Trinajstić information content (AvgIpc) is 2.81. The van der Waals surface area contributed by atoms with Crippen molar-refractivity contribution in [3.8, 4) is 17.3 Å². The Balaban J connectivity index is 2.17. The number of hydrogen-bond donors (Lipinski definition) is 0. The molecule has 3 aromatic rings. The zero-order chi connectivity index (χ0) is 11.7. The smallest absolute Gasteiger partial charge is 0.161 e. The molecule has 0 bridgehead atoms. The summed E-state index contributed by atoms with van der Waals surface area (Å²) in [6, 6.07) is 15.7. The van der Waals surface area contributed by atoms with Gasteiger partial charge in [0, 0.05) is 5.56 Å². The van der Waals surface area contributed by atoms with E-state index in [0.717, 1.165) is 11.3 Å². The lowest BCUT2D eigenvalue weighted by atomic mass is 10.1. The van der Waals surface area contributed by atoms with Crippen LogP contribution in [0.1, 0.15) is 5.69 Å². The Hall–Kier alpha value is -2.67. The Kier molecular flexibility index (Phi) is 2.09. The van der Waals surface area contributed by atoms with Crippen molar-refractivity contribution in [3.05, 3.63) is 54.4 Å². The van der Waals surface area contributed by atoms with Crippen LogP contribution in [0.2, 0.25) is 0 Å². The molecule has 0 spiro atoms. The Bertz CT molecular complexity index is 707. The zero-order valence-electron chi connectivity index (χ0n) is 8.91. The SMILES string of the molecule is N#Cc1cn2nc(-c3ccccc3)ccc2n1. The lowest BCUT2D eigenvalue weighted by Crippen LogP contribution is -1.92. The van der Waals surface area contributed by atoms with Gasteiger partial charge in [-0.2, -0.15) is 10.4 Å². The second kappa shape index (κ2) is 3.72. The normalized spacial score (nSPS) is 10.3. The molecule has 2 aromatic heterocycles. The highest BCUT2D eigenvalue weighted by Crippen LogP contribution is 2.16. The van der Waals surface area contributed by atoms with Gasteiger partial charge >= 0.3 is 0 Å². The van der Waals surface area contributed by atoms with Gasteiger partial charge in [0.15, 0.2) is 11.3 Å². The lowest BCUT2D eigenvalue weighted by Gasteiger charge is -2.00. The fourth-order valence-electron chi connectivity index (χ4n) is 1.70. The first-order chi connectivity index (χ1) is 8.36. The van der Waals surface area contributed by atoms with Gasteiger partial charge in [-0.15, -0.1) is 0 Å². The number of imidazole rings is 1. The number of nitrogens with zero attached hydrogens (tertiary/aromatic N) is 4. The number of rotatable bonds is 1. The third-order valence-electron chi connectivity index (χ3n) is 2.50. The van der Waals surface area contributed by atoms with Crippen molar-refractivity contribution in [3.63, 3.8) is 0 Å². The van der Waals surface area contributed by atoms with Crippen LogP contribution in [0.15, 0.2) is 48.7 Å². The van der Waals surface area contributed by atoms with Gasteiger partial charge in [0.2, 0.25) is 0 Å². The van der Waals surface area contributed by atoms with Crippen LogP contribution in [-0.2, 0) is 0 Å². The van der Waals surface area contributed by atoms with Gasteiger partial charge in [-0.1, -0.05) is 30.3 Å². The van der Waals surface area contributed by atoms with Crippen molar-refractivity contribution in [2.45, 2.75) is 0 Å². The van der Waals surface area contributed by atoms with Crippen molar-refractivity contribution in [1.82, 2.24) is 14.6 Å². The average molecular weight is 220 g/mol. The van der Waals surface area contributed by atoms with Crippen molar-refractivity contribution < 1.29 is 0 Å². The van der Waals surface area contributed by atoms with Crippen LogP contribution in [0.25, 0.3) is 16.9 Å². The summed E-state index contributed by atoms with van der Waals surface area (Å²) >= 11 is 0. The first-order valence-electron chi connectivity index (χ1n) is 5.19. The number of aromatic nitrogens is 3. The largest absolute Gasteiger partial charge is 0.219 e. The van der Waals surface area contributed by atoms with E-state index in [4.69, 9.17) is 5.26 Å².